The average Bonchev–Trinajstić information content (AvgIpc) is 3.63. The highest BCUT2D eigenvalue weighted by molar-refractivity contribution is 6.11. The molecule has 242 valence electrons. The summed E-state index contributed by atoms with van der Waals surface area (Å²) in [5, 5.41) is 5.01. The number of para-hydroxylation sites is 2. The van der Waals surface area contributed by atoms with E-state index < -0.39 is 0 Å². The van der Waals surface area contributed by atoms with Crippen molar-refractivity contribution in [3.05, 3.63) is 193 Å². The molecule has 0 spiro atoms. The first-order chi connectivity index (χ1) is 25.1. The predicted octanol–water partition coefficient (Wildman–Crippen LogP) is 13.4. The molecule has 0 saturated heterocycles. The van der Waals surface area contributed by atoms with Crippen molar-refractivity contribution >= 4 is 49.6 Å². The van der Waals surface area contributed by atoms with Gasteiger partial charge in [-0.1, -0.05) is 135 Å². The molecule has 0 N–H and O–H groups in total. The molecule has 9 aromatic rings. The lowest BCUT2D eigenvalue weighted by atomic mass is 9.82. The van der Waals surface area contributed by atoms with Crippen LogP contribution in [0.5, 0.6) is 0 Å². The Bertz CT molecular complexity index is 2760. The third kappa shape index (κ3) is 4.57. The van der Waals surface area contributed by atoms with Crippen LogP contribution in [-0.2, 0) is 5.41 Å². The molecule has 0 atom stereocenters. The molecule has 0 fully saturated rings. The predicted molar refractivity (Wildman–Crippen MR) is 216 cm³/mol. The SMILES string of the molecule is CC1(C)c2ccccc2-c2cc(N(c3ccccc3)c3ccc(-c4ccc5c(c4)c4ccccc4n5-c4cccc5ccccc45)cc3)ccc21. The van der Waals surface area contributed by atoms with E-state index in [0.717, 1.165) is 17.1 Å². The highest BCUT2D eigenvalue weighted by atomic mass is 15.1. The Kier molecular flexibility index (Phi) is 6.56. The normalized spacial score (nSPS) is 13.1. The van der Waals surface area contributed by atoms with Gasteiger partial charge in [-0.05, 0) is 99.4 Å². The lowest BCUT2D eigenvalue weighted by Crippen LogP contribution is -2.15. The number of anilines is 3. The Balaban J connectivity index is 1.07. The van der Waals surface area contributed by atoms with Crippen LogP contribution in [0.2, 0.25) is 0 Å². The number of fused-ring (bicyclic) bond motifs is 7. The number of hydrogen-bond donors (Lipinski definition) is 0. The summed E-state index contributed by atoms with van der Waals surface area (Å²) in [6.07, 6.45) is 0. The second-order valence-electron chi connectivity index (χ2n) is 14.2. The molecule has 1 aromatic heterocycles. The summed E-state index contributed by atoms with van der Waals surface area (Å²) in [4.78, 5) is 2.37. The van der Waals surface area contributed by atoms with Gasteiger partial charge in [0.2, 0.25) is 0 Å². The minimum atomic E-state index is -0.0219. The van der Waals surface area contributed by atoms with E-state index in [0.29, 0.717) is 0 Å². The van der Waals surface area contributed by atoms with E-state index in [4.69, 9.17) is 0 Å². The molecule has 10 rings (SSSR count). The van der Waals surface area contributed by atoms with Crippen LogP contribution in [0.1, 0.15) is 25.0 Å². The van der Waals surface area contributed by atoms with Gasteiger partial charge in [-0.2, -0.15) is 0 Å². The summed E-state index contributed by atoms with van der Waals surface area (Å²) >= 11 is 0. The highest BCUT2D eigenvalue weighted by Gasteiger charge is 2.35. The average molecular weight is 653 g/mol. The molecular formula is C49H36N2. The van der Waals surface area contributed by atoms with Crippen molar-refractivity contribution in [2.75, 3.05) is 4.90 Å². The molecule has 0 aliphatic heterocycles. The lowest BCUT2D eigenvalue weighted by molar-refractivity contribution is 0.660. The van der Waals surface area contributed by atoms with E-state index >= 15 is 0 Å². The summed E-state index contributed by atoms with van der Waals surface area (Å²) in [5.74, 6) is 0. The fourth-order valence-electron chi connectivity index (χ4n) is 8.49. The quantitative estimate of drug-likeness (QED) is 0.180. The van der Waals surface area contributed by atoms with Crippen LogP contribution in [0.4, 0.5) is 17.1 Å². The van der Waals surface area contributed by atoms with Crippen LogP contribution in [0.25, 0.3) is 60.5 Å². The first kappa shape index (κ1) is 29.5. The fraction of sp³-hybridized carbons (Fsp3) is 0.0612. The highest BCUT2D eigenvalue weighted by Crippen LogP contribution is 2.50. The van der Waals surface area contributed by atoms with Gasteiger partial charge < -0.3 is 9.47 Å². The summed E-state index contributed by atoms with van der Waals surface area (Å²) in [7, 11) is 0. The molecule has 2 heteroatoms. The molecule has 51 heavy (non-hydrogen) atoms. The van der Waals surface area contributed by atoms with E-state index in [1.807, 2.05) is 0 Å². The van der Waals surface area contributed by atoms with Crippen molar-refractivity contribution in [3.8, 4) is 27.9 Å². The molecule has 8 aromatic carbocycles. The molecule has 1 aliphatic rings. The van der Waals surface area contributed by atoms with Gasteiger partial charge in [0.15, 0.2) is 0 Å². The van der Waals surface area contributed by atoms with Crippen LogP contribution in [-0.4, -0.2) is 4.57 Å². The fourth-order valence-corrected chi connectivity index (χ4v) is 8.49. The van der Waals surface area contributed by atoms with Crippen LogP contribution in [0.3, 0.4) is 0 Å². The second-order valence-corrected chi connectivity index (χ2v) is 14.2. The van der Waals surface area contributed by atoms with E-state index in [-0.39, 0.29) is 5.41 Å². The van der Waals surface area contributed by atoms with Gasteiger partial charge in [-0.25, -0.2) is 0 Å². The van der Waals surface area contributed by atoms with Crippen LogP contribution in [0, 0.1) is 0 Å². The molecule has 0 saturated carbocycles. The van der Waals surface area contributed by atoms with Crippen molar-refractivity contribution in [2.24, 2.45) is 0 Å². The van der Waals surface area contributed by atoms with E-state index in [9.17, 15) is 0 Å². The van der Waals surface area contributed by atoms with Crippen molar-refractivity contribution in [1.29, 1.82) is 0 Å². The smallest absolute Gasteiger partial charge is 0.0541 e. The van der Waals surface area contributed by atoms with Gasteiger partial charge in [-0.15, -0.1) is 0 Å². The van der Waals surface area contributed by atoms with Crippen molar-refractivity contribution in [3.63, 3.8) is 0 Å². The van der Waals surface area contributed by atoms with E-state index in [1.165, 1.54) is 71.6 Å². The van der Waals surface area contributed by atoms with Crippen LogP contribution < -0.4 is 4.90 Å². The topological polar surface area (TPSA) is 8.17 Å². The van der Waals surface area contributed by atoms with Crippen molar-refractivity contribution in [2.45, 2.75) is 19.3 Å². The Labute approximate surface area is 298 Å². The molecule has 0 unspecified atom stereocenters. The number of aromatic nitrogens is 1. The number of nitrogens with zero attached hydrogens (tertiary/aromatic N) is 2. The van der Waals surface area contributed by atoms with Gasteiger partial charge in [-0.3, -0.25) is 0 Å². The maximum Gasteiger partial charge on any atom is 0.0541 e. The molecule has 0 radical (unpaired) electrons. The number of rotatable bonds is 5. The van der Waals surface area contributed by atoms with Crippen LogP contribution >= 0.6 is 0 Å². The largest absolute Gasteiger partial charge is 0.310 e. The summed E-state index contributed by atoms with van der Waals surface area (Å²) in [6, 6.07) is 66.6. The minimum absolute atomic E-state index is 0.0219. The van der Waals surface area contributed by atoms with Gasteiger partial charge in [0, 0.05) is 38.6 Å². The molecular weight excluding hydrogens is 617 g/mol. The van der Waals surface area contributed by atoms with Gasteiger partial charge >= 0.3 is 0 Å². The number of hydrogen-bond acceptors (Lipinski definition) is 1. The molecule has 1 aliphatic carbocycles. The standard InChI is InChI=1S/C49H36N2/c1-49(2)44-20-10-8-18-40(44)42-32-38(28-29-45(42)49)50(36-15-4-3-5-16-36)37-26-23-33(24-27-37)35-25-30-48-43(31-35)41-19-9-11-21-47(41)51(48)46-22-12-14-34-13-6-7-17-39(34)46/h3-32H,1-2H3. The molecule has 1 heterocycles. The van der Waals surface area contributed by atoms with Gasteiger partial charge in [0.25, 0.3) is 0 Å². The maximum atomic E-state index is 2.42. The lowest BCUT2D eigenvalue weighted by Gasteiger charge is -2.27. The van der Waals surface area contributed by atoms with E-state index in [2.05, 4.69) is 205 Å². The number of benzene rings is 8. The van der Waals surface area contributed by atoms with Crippen LogP contribution in [0.15, 0.2) is 182 Å². The minimum Gasteiger partial charge on any atom is -0.310 e. The van der Waals surface area contributed by atoms with Crippen molar-refractivity contribution in [1.82, 2.24) is 4.57 Å². The monoisotopic (exact) mass is 652 g/mol. The van der Waals surface area contributed by atoms with E-state index in [1.54, 1.807) is 0 Å². The first-order valence-corrected chi connectivity index (χ1v) is 17.8. The Morgan fingerprint density at radius 1 is 0.412 bits per heavy atom. The Morgan fingerprint density at radius 3 is 1.90 bits per heavy atom. The third-order valence-corrected chi connectivity index (χ3v) is 11.0. The first-order valence-electron chi connectivity index (χ1n) is 17.8. The summed E-state index contributed by atoms with van der Waals surface area (Å²) in [6.45, 7) is 4.67. The second kappa shape index (κ2) is 11.3. The Morgan fingerprint density at radius 2 is 1.04 bits per heavy atom. The molecule has 2 nitrogen and oxygen atoms in total. The Hall–Kier alpha value is -6.38. The zero-order valence-electron chi connectivity index (χ0n) is 28.7. The maximum absolute atomic E-state index is 2.42. The molecule has 0 amide bonds. The summed E-state index contributed by atoms with van der Waals surface area (Å²) < 4.78 is 2.42. The third-order valence-electron chi connectivity index (χ3n) is 11.0. The molecule has 0 bridgehead atoms. The van der Waals surface area contributed by atoms with Gasteiger partial charge in [0.05, 0.1) is 16.7 Å². The zero-order chi connectivity index (χ0) is 34.1. The summed E-state index contributed by atoms with van der Waals surface area (Å²) in [5.41, 5.74) is 14.9. The van der Waals surface area contributed by atoms with Crippen molar-refractivity contribution < 1.29 is 0 Å². The van der Waals surface area contributed by atoms with Gasteiger partial charge in [0.1, 0.15) is 0 Å². The zero-order valence-corrected chi connectivity index (χ0v) is 28.7.